The van der Waals surface area contributed by atoms with Crippen molar-refractivity contribution in [3.05, 3.63) is 48.5 Å². The zero-order valence-corrected chi connectivity index (χ0v) is 15.6. The molecule has 0 bridgehead atoms. The molecule has 0 radical (unpaired) electrons. The Balaban J connectivity index is 1.85. The summed E-state index contributed by atoms with van der Waals surface area (Å²) in [6.07, 6.45) is 9.01. The van der Waals surface area contributed by atoms with Crippen molar-refractivity contribution in [3.8, 4) is 23.0 Å². The van der Waals surface area contributed by atoms with E-state index in [9.17, 15) is 10.2 Å². The lowest BCUT2D eigenvalue weighted by Gasteiger charge is -2.21. The largest absolute Gasteiger partial charge is 0.508 e. The molecule has 4 heteroatoms. The average molecular weight is 358 g/mol. The maximum absolute atomic E-state index is 9.40. The number of unbranched alkanes of at least 4 members (excludes halogenated alkanes) is 6. The summed E-state index contributed by atoms with van der Waals surface area (Å²) in [5.74, 6) is 1.74. The molecule has 2 aromatic rings. The van der Waals surface area contributed by atoms with E-state index < -0.39 is 6.29 Å². The van der Waals surface area contributed by atoms with Crippen molar-refractivity contribution in [2.45, 2.75) is 64.6 Å². The van der Waals surface area contributed by atoms with E-state index in [0.717, 1.165) is 19.3 Å². The Morgan fingerprint density at radius 2 is 1.08 bits per heavy atom. The van der Waals surface area contributed by atoms with Crippen molar-refractivity contribution in [1.29, 1.82) is 0 Å². The smallest absolute Gasteiger partial charge is 0.241 e. The Bertz CT molecular complexity index is 560. The molecule has 0 aliphatic carbocycles. The van der Waals surface area contributed by atoms with Gasteiger partial charge in [0.2, 0.25) is 6.29 Å². The SMILES string of the molecule is CCCCCCCCCC(Oc1ccc(O)cc1)Oc1ccc(O)cc1. The fourth-order valence-corrected chi connectivity index (χ4v) is 2.76. The van der Waals surface area contributed by atoms with Crippen LogP contribution in [0.15, 0.2) is 48.5 Å². The Hall–Kier alpha value is -2.36. The first-order valence-electron chi connectivity index (χ1n) is 9.58. The average Bonchev–Trinajstić information content (AvgIpc) is 2.64. The lowest BCUT2D eigenvalue weighted by molar-refractivity contribution is -0.00253. The number of benzene rings is 2. The van der Waals surface area contributed by atoms with E-state index in [0.29, 0.717) is 11.5 Å². The third kappa shape index (κ3) is 7.68. The van der Waals surface area contributed by atoms with Gasteiger partial charge in [-0.1, -0.05) is 45.4 Å². The summed E-state index contributed by atoms with van der Waals surface area (Å²) in [6.45, 7) is 2.23. The van der Waals surface area contributed by atoms with E-state index in [1.807, 2.05) is 0 Å². The lowest BCUT2D eigenvalue weighted by Crippen LogP contribution is -2.24. The van der Waals surface area contributed by atoms with Crippen molar-refractivity contribution < 1.29 is 19.7 Å². The number of hydrogen-bond donors (Lipinski definition) is 2. The van der Waals surface area contributed by atoms with Crippen LogP contribution in [0.2, 0.25) is 0 Å². The molecule has 0 saturated heterocycles. The number of ether oxygens (including phenoxy) is 2. The summed E-state index contributed by atoms with van der Waals surface area (Å²) in [5, 5.41) is 18.8. The van der Waals surface area contributed by atoms with Crippen LogP contribution in [0.5, 0.6) is 23.0 Å². The van der Waals surface area contributed by atoms with Gasteiger partial charge in [-0.05, 0) is 55.0 Å². The van der Waals surface area contributed by atoms with Crippen LogP contribution >= 0.6 is 0 Å². The van der Waals surface area contributed by atoms with Crippen LogP contribution in [0.1, 0.15) is 58.3 Å². The van der Waals surface area contributed by atoms with Crippen molar-refractivity contribution in [3.63, 3.8) is 0 Å². The third-order valence-electron chi connectivity index (χ3n) is 4.25. The van der Waals surface area contributed by atoms with Gasteiger partial charge in [0, 0.05) is 6.42 Å². The molecular formula is C22H30O4. The molecular weight excluding hydrogens is 328 g/mol. The van der Waals surface area contributed by atoms with Crippen molar-refractivity contribution in [2.75, 3.05) is 0 Å². The fraction of sp³-hybridized carbons (Fsp3) is 0.455. The predicted molar refractivity (Wildman–Crippen MR) is 104 cm³/mol. The van der Waals surface area contributed by atoms with Gasteiger partial charge in [-0.15, -0.1) is 0 Å². The molecule has 0 unspecified atom stereocenters. The van der Waals surface area contributed by atoms with E-state index in [1.165, 1.54) is 32.1 Å². The molecule has 0 atom stereocenters. The third-order valence-corrected chi connectivity index (χ3v) is 4.25. The van der Waals surface area contributed by atoms with Gasteiger partial charge < -0.3 is 19.7 Å². The quantitative estimate of drug-likeness (QED) is 0.360. The highest BCUT2D eigenvalue weighted by atomic mass is 16.7. The first kappa shape index (κ1) is 20.0. The van der Waals surface area contributed by atoms with Gasteiger partial charge in [-0.25, -0.2) is 0 Å². The summed E-state index contributed by atoms with van der Waals surface area (Å²) >= 11 is 0. The van der Waals surface area contributed by atoms with E-state index in [-0.39, 0.29) is 11.5 Å². The summed E-state index contributed by atoms with van der Waals surface area (Å²) in [5.41, 5.74) is 0. The maximum Gasteiger partial charge on any atom is 0.241 e. The molecule has 0 saturated carbocycles. The second-order valence-corrected chi connectivity index (χ2v) is 6.56. The molecule has 2 aromatic carbocycles. The minimum absolute atomic E-state index is 0.209. The molecule has 0 amide bonds. The highest BCUT2D eigenvalue weighted by molar-refractivity contribution is 5.31. The number of hydrogen-bond acceptors (Lipinski definition) is 4. The second kappa shape index (κ2) is 11.3. The molecule has 0 fully saturated rings. The van der Waals surface area contributed by atoms with E-state index in [2.05, 4.69) is 6.92 Å². The van der Waals surface area contributed by atoms with E-state index >= 15 is 0 Å². The number of phenols is 2. The molecule has 26 heavy (non-hydrogen) atoms. The van der Waals surface area contributed by atoms with Crippen LogP contribution in [0.25, 0.3) is 0 Å². The van der Waals surface area contributed by atoms with Crippen molar-refractivity contribution >= 4 is 0 Å². The molecule has 0 aliphatic heterocycles. The van der Waals surface area contributed by atoms with Crippen molar-refractivity contribution in [2.24, 2.45) is 0 Å². The molecule has 2 N–H and O–H groups in total. The highest BCUT2D eigenvalue weighted by Gasteiger charge is 2.13. The van der Waals surface area contributed by atoms with Gasteiger partial charge in [0.25, 0.3) is 0 Å². The zero-order chi connectivity index (χ0) is 18.6. The van der Waals surface area contributed by atoms with Gasteiger partial charge in [-0.2, -0.15) is 0 Å². The monoisotopic (exact) mass is 358 g/mol. The van der Waals surface area contributed by atoms with Crippen LogP contribution in [0.3, 0.4) is 0 Å². The van der Waals surface area contributed by atoms with Gasteiger partial charge >= 0.3 is 0 Å². The Labute approximate surface area is 156 Å². The van der Waals surface area contributed by atoms with E-state index in [4.69, 9.17) is 9.47 Å². The maximum atomic E-state index is 9.40. The Morgan fingerprint density at radius 3 is 1.54 bits per heavy atom. The first-order valence-corrected chi connectivity index (χ1v) is 9.58. The molecule has 142 valence electrons. The normalized spacial score (nSPS) is 10.8. The summed E-state index contributed by atoms with van der Waals surface area (Å²) < 4.78 is 11.9. The number of aromatic hydroxyl groups is 2. The van der Waals surface area contributed by atoms with Gasteiger partial charge in [-0.3, -0.25) is 0 Å². The number of phenolic OH excluding ortho intramolecular Hbond substituents is 2. The second-order valence-electron chi connectivity index (χ2n) is 6.56. The standard InChI is InChI=1S/C22H30O4/c1-2-3-4-5-6-7-8-9-22(25-20-14-10-18(23)11-15-20)26-21-16-12-19(24)13-17-21/h10-17,22-24H,2-9H2,1H3. The van der Waals surface area contributed by atoms with Crippen LogP contribution in [-0.4, -0.2) is 16.5 Å². The predicted octanol–water partition coefficient (Wildman–Crippen LogP) is 6.02. The van der Waals surface area contributed by atoms with Crippen LogP contribution < -0.4 is 9.47 Å². The van der Waals surface area contributed by atoms with Crippen molar-refractivity contribution in [1.82, 2.24) is 0 Å². The van der Waals surface area contributed by atoms with Crippen LogP contribution in [-0.2, 0) is 0 Å². The topological polar surface area (TPSA) is 58.9 Å². The van der Waals surface area contributed by atoms with Gasteiger partial charge in [0.15, 0.2) is 0 Å². The lowest BCUT2D eigenvalue weighted by atomic mass is 10.1. The number of rotatable bonds is 12. The Morgan fingerprint density at radius 1 is 0.654 bits per heavy atom. The van der Waals surface area contributed by atoms with Crippen LogP contribution in [0, 0.1) is 0 Å². The van der Waals surface area contributed by atoms with Gasteiger partial charge in [0.05, 0.1) is 0 Å². The summed E-state index contributed by atoms with van der Waals surface area (Å²) in [7, 11) is 0. The molecule has 2 rings (SSSR count). The molecule has 0 spiro atoms. The minimum Gasteiger partial charge on any atom is -0.508 e. The highest BCUT2D eigenvalue weighted by Crippen LogP contribution is 2.23. The van der Waals surface area contributed by atoms with E-state index in [1.54, 1.807) is 48.5 Å². The molecule has 0 aromatic heterocycles. The minimum atomic E-state index is -0.403. The first-order chi connectivity index (χ1) is 12.7. The zero-order valence-electron chi connectivity index (χ0n) is 15.6. The molecule has 0 heterocycles. The summed E-state index contributed by atoms with van der Waals surface area (Å²) in [4.78, 5) is 0. The summed E-state index contributed by atoms with van der Waals surface area (Å²) in [6, 6.07) is 13.3. The molecule has 0 aliphatic rings. The fourth-order valence-electron chi connectivity index (χ4n) is 2.76. The van der Waals surface area contributed by atoms with Crippen LogP contribution in [0.4, 0.5) is 0 Å². The molecule has 4 nitrogen and oxygen atoms in total. The Kier molecular flexibility index (Phi) is 8.67. The van der Waals surface area contributed by atoms with Gasteiger partial charge in [0.1, 0.15) is 23.0 Å².